The number of ether oxygens (including phenoxy) is 1. The molecule has 1 aromatic rings. The van der Waals surface area contributed by atoms with Gasteiger partial charge in [0.1, 0.15) is 5.76 Å². The molecule has 72 valence electrons. The summed E-state index contributed by atoms with van der Waals surface area (Å²) in [6.07, 6.45) is 2.04. The van der Waals surface area contributed by atoms with Gasteiger partial charge in [-0.05, 0) is 19.8 Å². The largest absolute Gasteiger partial charge is 0.429 e. The summed E-state index contributed by atoms with van der Waals surface area (Å²) in [4.78, 5) is 4.19. The van der Waals surface area contributed by atoms with Gasteiger partial charge in [-0.15, -0.1) is 0 Å². The van der Waals surface area contributed by atoms with Crippen molar-refractivity contribution in [2.75, 3.05) is 18.9 Å². The fourth-order valence-electron chi connectivity index (χ4n) is 1.78. The highest BCUT2D eigenvalue weighted by Crippen LogP contribution is 2.29. The van der Waals surface area contributed by atoms with Gasteiger partial charge in [-0.2, -0.15) is 4.98 Å². The number of anilines is 1. The fraction of sp³-hybridized carbons (Fsp3) is 0.667. The zero-order chi connectivity index (χ0) is 9.26. The molecule has 1 saturated heterocycles. The summed E-state index contributed by atoms with van der Waals surface area (Å²) in [7, 11) is 0. The van der Waals surface area contributed by atoms with E-state index in [4.69, 9.17) is 14.9 Å². The van der Waals surface area contributed by atoms with Crippen LogP contribution in [0, 0.1) is 6.92 Å². The first-order valence-corrected chi connectivity index (χ1v) is 4.58. The first-order valence-electron chi connectivity index (χ1n) is 4.58. The van der Waals surface area contributed by atoms with E-state index in [0.717, 1.165) is 37.5 Å². The smallest absolute Gasteiger partial charge is 0.292 e. The van der Waals surface area contributed by atoms with Crippen molar-refractivity contribution >= 4 is 6.01 Å². The maximum absolute atomic E-state index is 5.48. The van der Waals surface area contributed by atoms with Crippen molar-refractivity contribution in [3.8, 4) is 0 Å². The molecule has 0 bridgehead atoms. The number of hydrogen-bond acceptors (Lipinski definition) is 4. The Kier molecular flexibility index (Phi) is 2.22. The second-order valence-electron chi connectivity index (χ2n) is 3.38. The van der Waals surface area contributed by atoms with Gasteiger partial charge >= 0.3 is 0 Å². The molecule has 0 amide bonds. The van der Waals surface area contributed by atoms with Crippen molar-refractivity contribution in [2.45, 2.75) is 25.7 Å². The predicted octanol–water partition coefficient (Wildman–Crippen LogP) is 1.46. The number of nitrogens with two attached hydrogens (primary N) is 1. The molecule has 2 heterocycles. The van der Waals surface area contributed by atoms with Gasteiger partial charge in [-0.3, -0.25) is 0 Å². The normalized spacial score (nSPS) is 19.2. The molecule has 1 aliphatic rings. The minimum atomic E-state index is 0.277. The third kappa shape index (κ3) is 1.67. The molecule has 0 spiro atoms. The molecule has 0 radical (unpaired) electrons. The summed E-state index contributed by atoms with van der Waals surface area (Å²) < 4.78 is 10.5. The van der Waals surface area contributed by atoms with E-state index in [0.29, 0.717) is 5.92 Å². The molecule has 0 aliphatic carbocycles. The van der Waals surface area contributed by atoms with E-state index in [2.05, 4.69) is 4.98 Å². The standard InChI is InChI=1S/C9H14N2O2/c1-6-8(11-9(10)13-6)7-2-4-12-5-3-7/h7H,2-5H2,1H3,(H2,10,11). The molecule has 4 heteroatoms. The summed E-state index contributed by atoms with van der Waals surface area (Å²) in [5.74, 6) is 1.32. The molecule has 4 nitrogen and oxygen atoms in total. The summed E-state index contributed by atoms with van der Waals surface area (Å²) in [5.41, 5.74) is 6.49. The Morgan fingerprint density at radius 3 is 2.62 bits per heavy atom. The van der Waals surface area contributed by atoms with E-state index in [1.165, 1.54) is 0 Å². The van der Waals surface area contributed by atoms with Gasteiger partial charge in [0.15, 0.2) is 0 Å². The second kappa shape index (κ2) is 3.38. The minimum Gasteiger partial charge on any atom is -0.429 e. The van der Waals surface area contributed by atoms with Crippen molar-refractivity contribution in [1.29, 1.82) is 0 Å². The molecule has 0 saturated carbocycles. The van der Waals surface area contributed by atoms with Crippen molar-refractivity contribution in [3.63, 3.8) is 0 Å². The van der Waals surface area contributed by atoms with Crippen LogP contribution >= 0.6 is 0 Å². The third-order valence-electron chi connectivity index (χ3n) is 2.46. The highest BCUT2D eigenvalue weighted by molar-refractivity contribution is 5.22. The Labute approximate surface area is 77.1 Å². The van der Waals surface area contributed by atoms with E-state index in [1.807, 2.05) is 6.92 Å². The maximum atomic E-state index is 5.48. The second-order valence-corrected chi connectivity index (χ2v) is 3.38. The zero-order valence-corrected chi connectivity index (χ0v) is 7.75. The predicted molar refractivity (Wildman–Crippen MR) is 48.4 cm³/mol. The van der Waals surface area contributed by atoms with Crippen LogP contribution in [0.15, 0.2) is 4.42 Å². The lowest BCUT2D eigenvalue weighted by molar-refractivity contribution is 0.0843. The highest BCUT2D eigenvalue weighted by Gasteiger charge is 2.21. The molecule has 0 unspecified atom stereocenters. The fourth-order valence-corrected chi connectivity index (χ4v) is 1.78. The van der Waals surface area contributed by atoms with Gasteiger partial charge in [-0.1, -0.05) is 0 Å². The van der Waals surface area contributed by atoms with Gasteiger partial charge in [0.25, 0.3) is 6.01 Å². The monoisotopic (exact) mass is 182 g/mol. The topological polar surface area (TPSA) is 61.3 Å². The molecule has 13 heavy (non-hydrogen) atoms. The Morgan fingerprint density at radius 1 is 1.38 bits per heavy atom. The lowest BCUT2D eigenvalue weighted by Crippen LogP contribution is -2.15. The number of oxazole rings is 1. The van der Waals surface area contributed by atoms with Crippen LogP contribution in [0.2, 0.25) is 0 Å². The quantitative estimate of drug-likeness (QED) is 0.714. The number of rotatable bonds is 1. The molecule has 1 aromatic heterocycles. The van der Waals surface area contributed by atoms with Gasteiger partial charge in [0.05, 0.1) is 5.69 Å². The van der Waals surface area contributed by atoms with Crippen LogP contribution in [0.1, 0.15) is 30.2 Å². The molecule has 0 atom stereocenters. The average molecular weight is 182 g/mol. The Morgan fingerprint density at radius 2 is 2.08 bits per heavy atom. The number of hydrogen-bond donors (Lipinski definition) is 1. The van der Waals surface area contributed by atoms with Crippen LogP contribution in [-0.4, -0.2) is 18.2 Å². The van der Waals surface area contributed by atoms with E-state index in [-0.39, 0.29) is 6.01 Å². The van der Waals surface area contributed by atoms with E-state index in [9.17, 15) is 0 Å². The Bertz CT molecular complexity index is 290. The summed E-state index contributed by atoms with van der Waals surface area (Å²) >= 11 is 0. The third-order valence-corrected chi connectivity index (χ3v) is 2.46. The number of aryl methyl sites for hydroxylation is 1. The van der Waals surface area contributed by atoms with Gasteiger partial charge in [0.2, 0.25) is 0 Å². The molecule has 2 N–H and O–H groups in total. The minimum absolute atomic E-state index is 0.277. The van der Waals surface area contributed by atoms with Crippen molar-refractivity contribution in [2.24, 2.45) is 0 Å². The van der Waals surface area contributed by atoms with Crippen molar-refractivity contribution in [1.82, 2.24) is 4.98 Å². The summed E-state index contributed by atoms with van der Waals surface area (Å²) in [6.45, 7) is 3.54. The van der Waals surface area contributed by atoms with Crippen LogP contribution in [0.4, 0.5) is 6.01 Å². The van der Waals surface area contributed by atoms with Crippen molar-refractivity contribution in [3.05, 3.63) is 11.5 Å². The summed E-state index contributed by atoms with van der Waals surface area (Å²) in [5, 5.41) is 0. The van der Waals surface area contributed by atoms with E-state index in [1.54, 1.807) is 0 Å². The van der Waals surface area contributed by atoms with Crippen LogP contribution in [0.25, 0.3) is 0 Å². The lowest BCUT2D eigenvalue weighted by Gasteiger charge is -2.20. The van der Waals surface area contributed by atoms with E-state index >= 15 is 0 Å². The van der Waals surface area contributed by atoms with Crippen LogP contribution < -0.4 is 5.73 Å². The number of nitrogen functional groups attached to an aromatic ring is 1. The zero-order valence-electron chi connectivity index (χ0n) is 7.75. The maximum Gasteiger partial charge on any atom is 0.292 e. The average Bonchev–Trinajstić information content (AvgIpc) is 2.47. The SMILES string of the molecule is Cc1oc(N)nc1C1CCOCC1. The first kappa shape index (κ1) is 8.56. The molecule has 1 aliphatic heterocycles. The molecule has 2 rings (SSSR count). The van der Waals surface area contributed by atoms with Crippen LogP contribution in [-0.2, 0) is 4.74 Å². The molecular weight excluding hydrogens is 168 g/mol. The highest BCUT2D eigenvalue weighted by atomic mass is 16.5. The molecule has 0 aromatic carbocycles. The van der Waals surface area contributed by atoms with Crippen LogP contribution in [0.5, 0.6) is 0 Å². The number of aromatic nitrogens is 1. The molecular formula is C9H14N2O2. The van der Waals surface area contributed by atoms with E-state index < -0.39 is 0 Å². The summed E-state index contributed by atoms with van der Waals surface area (Å²) in [6, 6.07) is 0.277. The first-order chi connectivity index (χ1) is 6.27. The van der Waals surface area contributed by atoms with Gasteiger partial charge in [0, 0.05) is 19.1 Å². The van der Waals surface area contributed by atoms with Gasteiger partial charge in [-0.25, -0.2) is 0 Å². The Balaban J connectivity index is 2.18. The Hall–Kier alpha value is -1.03. The lowest BCUT2D eigenvalue weighted by atomic mass is 9.96. The van der Waals surface area contributed by atoms with Crippen LogP contribution in [0.3, 0.4) is 0 Å². The van der Waals surface area contributed by atoms with Gasteiger partial charge < -0.3 is 14.9 Å². The van der Waals surface area contributed by atoms with Crippen molar-refractivity contribution < 1.29 is 9.15 Å². The molecule has 1 fully saturated rings. The number of nitrogens with zero attached hydrogens (tertiary/aromatic N) is 1.